The second-order valence-electron chi connectivity index (χ2n) is 6.90. The predicted molar refractivity (Wildman–Crippen MR) is 91.0 cm³/mol. The summed E-state index contributed by atoms with van der Waals surface area (Å²) in [4.78, 5) is 24.6. The zero-order valence-electron chi connectivity index (χ0n) is 14.9. The number of rotatable bonds is 7. The monoisotopic (exact) mass is 338 g/mol. The average molecular weight is 338 g/mol. The Morgan fingerprint density at radius 2 is 1.79 bits per heavy atom. The molecule has 0 aliphatic heterocycles. The number of nitrogens with one attached hydrogen (secondary N) is 2. The van der Waals surface area contributed by atoms with Crippen molar-refractivity contribution in [2.75, 3.05) is 6.54 Å². The molecule has 0 heterocycles. The van der Waals surface area contributed by atoms with Crippen molar-refractivity contribution in [2.24, 2.45) is 11.8 Å². The number of carbonyl (C=O) groups excluding carboxylic acids is 2. The molecule has 24 heavy (non-hydrogen) atoms. The van der Waals surface area contributed by atoms with Gasteiger partial charge in [0.1, 0.15) is 11.9 Å². The molecule has 134 valence electrons. The highest BCUT2D eigenvalue weighted by Gasteiger charge is 2.29. The standard InChI is InChI=1S/C18H27FN2O3/c1-11(2)15(17(23)20-10-18(5,24)12(3)4)21-16(22)13-8-6-7-9-14(13)19/h6-9,11-12,15,24H,10H2,1-5H3,(H,20,23)(H,21,22). The summed E-state index contributed by atoms with van der Waals surface area (Å²) in [6.45, 7) is 8.99. The number of hydrogen-bond donors (Lipinski definition) is 3. The highest BCUT2D eigenvalue weighted by molar-refractivity contribution is 5.97. The van der Waals surface area contributed by atoms with Gasteiger partial charge in [-0.15, -0.1) is 0 Å². The largest absolute Gasteiger partial charge is 0.388 e. The summed E-state index contributed by atoms with van der Waals surface area (Å²) < 4.78 is 13.7. The van der Waals surface area contributed by atoms with Gasteiger partial charge in [0.15, 0.2) is 0 Å². The van der Waals surface area contributed by atoms with E-state index in [2.05, 4.69) is 10.6 Å². The minimum Gasteiger partial charge on any atom is -0.388 e. The van der Waals surface area contributed by atoms with Crippen LogP contribution in [0, 0.1) is 17.7 Å². The number of benzene rings is 1. The van der Waals surface area contributed by atoms with E-state index in [4.69, 9.17) is 0 Å². The second-order valence-corrected chi connectivity index (χ2v) is 6.90. The Hall–Kier alpha value is -1.95. The molecular formula is C18H27FN2O3. The van der Waals surface area contributed by atoms with Crippen LogP contribution in [0.15, 0.2) is 24.3 Å². The third-order valence-corrected chi connectivity index (χ3v) is 4.22. The van der Waals surface area contributed by atoms with Crippen LogP contribution in [0.2, 0.25) is 0 Å². The summed E-state index contributed by atoms with van der Waals surface area (Å²) in [5.41, 5.74) is -1.16. The van der Waals surface area contributed by atoms with E-state index in [1.807, 2.05) is 13.8 Å². The molecule has 0 aliphatic rings. The first-order chi connectivity index (χ1) is 11.1. The first-order valence-corrected chi connectivity index (χ1v) is 8.11. The van der Waals surface area contributed by atoms with Crippen molar-refractivity contribution in [3.63, 3.8) is 0 Å². The molecule has 0 saturated carbocycles. The Morgan fingerprint density at radius 3 is 2.29 bits per heavy atom. The molecule has 2 atom stereocenters. The van der Waals surface area contributed by atoms with E-state index in [0.29, 0.717) is 0 Å². The summed E-state index contributed by atoms with van der Waals surface area (Å²) in [5.74, 6) is -1.91. The van der Waals surface area contributed by atoms with Crippen LogP contribution in [-0.4, -0.2) is 35.1 Å². The van der Waals surface area contributed by atoms with Gasteiger partial charge in [-0.1, -0.05) is 39.8 Å². The Bertz CT molecular complexity index is 585. The summed E-state index contributed by atoms with van der Waals surface area (Å²) in [7, 11) is 0. The maximum atomic E-state index is 13.7. The number of carbonyl (C=O) groups is 2. The zero-order chi connectivity index (χ0) is 18.5. The topological polar surface area (TPSA) is 78.4 Å². The molecule has 6 heteroatoms. The van der Waals surface area contributed by atoms with Gasteiger partial charge in [0.2, 0.25) is 5.91 Å². The first kappa shape index (κ1) is 20.1. The predicted octanol–water partition coefficient (Wildman–Crippen LogP) is 2.10. The Labute approximate surface area is 142 Å². The summed E-state index contributed by atoms with van der Waals surface area (Å²) >= 11 is 0. The molecule has 0 saturated heterocycles. The number of amides is 2. The van der Waals surface area contributed by atoms with Gasteiger partial charge in [0, 0.05) is 6.54 Å². The Balaban J connectivity index is 2.79. The minimum absolute atomic E-state index is 0.0386. The van der Waals surface area contributed by atoms with Crippen LogP contribution in [0.5, 0.6) is 0 Å². The van der Waals surface area contributed by atoms with Crippen LogP contribution in [0.1, 0.15) is 45.0 Å². The number of halogens is 1. The van der Waals surface area contributed by atoms with E-state index in [0.717, 1.165) is 0 Å². The van der Waals surface area contributed by atoms with E-state index in [1.165, 1.54) is 18.2 Å². The smallest absolute Gasteiger partial charge is 0.254 e. The van der Waals surface area contributed by atoms with Gasteiger partial charge in [0.25, 0.3) is 5.91 Å². The van der Waals surface area contributed by atoms with Gasteiger partial charge in [-0.3, -0.25) is 9.59 Å². The summed E-state index contributed by atoms with van der Waals surface area (Å²) in [6, 6.07) is 4.79. The molecule has 3 N–H and O–H groups in total. The van der Waals surface area contributed by atoms with Crippen LogP contribution in [0.4, 0.5) is 4.39 Å². The summed E-state index contributed by atoms with van der Waals surface area (Å²) in [5, 5.41) is 15.4. The summed E-state index contributed by atoms with van der Waals surface area (Å²) in [6.07, 6.45) is 0. The molecule has 0 aliphatic carbocycles. The van der Waals surface area contributed by atoms with Crippen molar-refractivity contribution >= 4 is 11.8 Å². The van der Waals surface area contributed by atoms with Crippen LogP contribution in [0.25, 0.3) is 0 Å². The van der Waals surface area contributed by atoms with E-state index < -0.39 is 29.3 Å². The van der Waals surface area contributed by atoms with Gasteiger partial charge >= 0.3 is 0 Å². The molecule has 0 aromatic heterocycles. The molecule has 2 amide bonds. The van der Waals surface area contributed by atoms with Crippen molar-refractivity contribution in [1.82, 2.24) is 10.6 Å². The number of aliphatic hydroxyl groups is 1. The Kier molecular flexibility index (Phi) is 6.90. The van der Waals surface area contributed by atoms with Crippen molar-refractivity contribution in [3.8, 4) is 0 Å². The molecule has 0 radical (unpaired) electrons. The second kappa shape index (κ2) is 8.24. The third-order valence-electron chi connectivity index (χ3n) is 4.22. The van der Waals surface area contributed by atoms with Crippen molar-refractivity contribution in [2.45, 2.75) is 46.3 Å². The van der Waals surface area contributed by atoms with E-state index in [9.17, 15) is 19.1 Å². The van der Waals surface area contributed by atoms with Crippen LogP contribution in [0.3, 0.4) is 0 Å². The number of hydrogen-bond acceptors (Lipinski definition) is 3. The van der Waals surface area contributed by atoms with Gasteiger partial charge in [0.05, 0.1) is 11.2 Å². The normalized spacial score (nSPS) is 15.0. The van der Waals surface area contributed by atoms with Crippen molar-refractivity contribution in [3.05, 3.63) is 35.6 Å². The fourth-order valence-electron chi connectivity index (χ4n) is 1.98. The van der Waals surface area contributed by atoms with Gasteiger partial charge in [-0.05, 0) is 30.9 Å². The molecule has 1 aromatic rings. The quantitative estimate of drug-likeness (QED) is 0.712. The molecule has 1 rings (SSSR count). The molecule has 0 fully saturated rings. The fourth-order valence-corrected chi connectivity index (χ4v) is 1.98. The lowest BCUT2D eigenvalue weighted by Gasteiger charge is -2.29. The Morgan fingerprint density at radius 1 is 1.21 bits per heavy atom. The lowest BCUT2D eigenvalue weighted by Crippen LogP contribution is -2.53. The maximum absolute atomic E-state index is 13.7. The minimum atomic E-state index is -1.05. The highest BCUT2D eigenvalue weighted by Crippen LogP contribution is 2.15. The maximum Gasteiger partial charge on any atom is 0.254 e. The fraction of sp³-hybridized carbons (Fsp3) is 0.556. The third kappa shape index (κ3) is 5.30. The first-order valence-electron chi connectivity index (χ1n) is 8.11. The van der Waals surface area contributed by atoms with Crippen molar-refractivity contribution in [1.29, 1.82) is 0 Å². The zero-order valence-corrected chi connectivity index (χ0v) is 14.9. The van der Waals surface area contributed by atoms with Crippen LogP contribution in [-0.2, 0) is 4.79 Å². The van der Waals surface area contributed by atoms with E-state index in [1.54, 1.807) is 26.8 Å². The SMILES string of the molecule is CC(C)C(NC(=O)c1ccccc1F)C(=O)NCC(C)(O)C(C)C. The molecule has 0 bridgehead atoms. The van der Waals surface area contributed by atoms with Crippen LogP contribution >= 0.6 is 0 Å². The molecular weight excluding hydrogens is 311 g/mol. The van der Waals surface area contributed by atoms with Gasteiger partial charge < -0.3 is 15.7 Å². The lowest BCUT2D eigenvalue weighted by atomic mass is 9.92. The lowest BCUT2D eigenvalue weighted by molar-refractivity contribution is -0.125. The molecule has 2 unspecified atom stereocenters. The van der Waals surface area contributed by atoms with Crippen molar-refractivity contribution < 1.29 is 19.1 Å². The average Bonchev–Trinajstić information content (AvgIpc) is 2.50. The molecule has 0 spiro atoms. The molecule has 5 nitrogen and oxygen atoms in total. The van der Waals surface area contributed by atoms with E-state index >= 15 is 0 Å². The van der Waals surface area contributed by atoms with Gasteiger partial charge in [-0.25, -0.2) is 4.39 Å². The van der Waals surface area contributed by atoms with E-state index in [-0.39, 0.29) is 23.9 Å². The van der Waals surface area contributed by atoms with Crippen LogP contribution < -0.4 is 10.6 Å². The van der Waals surface area contributed by atoms with Gasteiger partial charge in [-0.2, -0.15) is 0 Å². The molecule has 1 aromatic carbocycles. The highest BCUT2D eigenvalue weighted by atomic mass is 19.1.